The van der Waals surface area contributed by atoms with Crippen LogP contribution >= 0.6 is 0 Å². The molecule has 2 aliphatic rings. The molecule has 0 spiro atoms. The van der Waals surface area contributed by atoms with Crippen LogP contribution in [-0.2, 0) is 19.2 Å². The molecule has 40 heavy (non-hydrogen) atoms. The first-order chi connectivity index (χ1) is 19.4. The van der Waals surface area contributed by atoms with E-state index in [0.29, 0.717) is 11.4 Å². The molecule has 198 valence electrons. The lowest BCUT2D eigenvalue weighted by Gasteiger charge is -2.16. The third kappa shape index (κ3) is 5.07. The minimum absolute atomic E-state index is 0.170. The van der Waals surface area contributed by atoms with E-state index >= 15 is 0 Å². The molecule has 0 saturated carbocycles. The highest BCUT2D eigenvalue weighted by Gasteiger charge is 2.31. The lowest BCUT2D eigenvalue weighted by Crippen LogP contribution is -2.28. The Balaban J connectivity index is 1.11. The molecule has 4 aromatic carbocycles. The van der Waals surface area contributed by atoms with Crippen LogP contribution in [0, 0.1) is 0 Å². The van der Waals surface area contributed by atoms with Crippen molar-refractivity contribution in [1.82, 2.24) is 0 Å². The van der Waals surface area contributed by atoms with Gasteiger partial charge in [-0.15, -0.1) is 0 Å². The molecular weight excluding hydrogens is 504 g/mol. The van der Waals surface area contributed by atoms with Crippen LogP contribution in [-0.4, -0.2) is 23.6 Å². The maximum absolute atomic E-state index is 12.1. The molecule has 2 fully saturated rings. The van der Waals surface area contributed by atoms with Crippen molar-refractivity contribution < 1.29 is 19.2 Å². The second kappa shape index (κ2) is 10.5. The molecule has 2 N–H and O–H groups in total. The molecule has 8 heteroatoms. The maximum atomic E-state index is 12.1. The van der Waals surface area contributed by atoms with E-state index in [0.717, 1.165) is 33.9 Å². The highest BCUT2D eigenvalue weighted by molar-refractivity contribution is 6.20. The van der Waals surface area contributed by atoms with Crippen molar-refractivity contribution >= 4 is 57.8 Å². The molecule has 0 atom stereocenters. The van der Waals surface area contributed by atoms with Crippen molar-refractivity contribution in [1.29, 1.82) is 0 Å². The number of nitrogens with one attached hydrogen (secondary N) is 2. The van der Waals surface area contributed by atoms with Gasteiger partial charge in [-0.1, -0.05) is 36.4 Å². The van der Waals surface area contributed by atoms with Gasteiger partial charge in [0.15, 0.2) is 0 Å². The molecule has 8 nitrogen and oxygen atoms in total. The van der Waals surface area contributed by atoms with Crippen molar-refractivity contribution in [3.05, 3.63) is 97.1 Å². The summed E-state index contributed by atoms with van der Waals surface area (Å²) in [6.07, 6.45) is 1.02. The third-order valence-corrected chi connectivity index (χ3v) is 6.99. The van der Waals surface area contributed by atoms with Gasteiger partial charge in [0.25, 0.3) is 0 Å². The molecule has 0 bridgehead atoms. The standard InChI is InChI=1S/C32H26N4O4/c37-29-15-16-30(38)35(29)27-5-1-3-25(19-27)33-23-11-7-21(8-12-23)22-9-13-24(14-10-22)34-26-4-2-6-28(20-26)36-31(39)17-18-32(36)40/h1-14,19-20,33-34H,15-18H2. The minimum Gasteiger partial charge on any atom is -0.355 e. The number of hydrogen-bond donors (Lipinski definition) is 2. The van der Waals surface area contributed by atoms with Crippen molar-refractivity contribution in [3.63, 3.8) is 0 Å². The molecule has 2 heterocycles. The van der Waals surface area contributed by atoms with Crippen molar-refractivity contribution in [2.75, 3.05) is 20.4 Å². The van der Waals surface area contributed by atoms with Crippen molar-refractivity contribution in [2.45, 2.75) is 25.7 Å². The zero-order chi connectivity index (χ0) is 27.6. The predicted octanol–water partition coefficient (Wildman–Crippen LogP) is 6.15. The molecule has 6 rings (SSSR count). The fourth-order valence-electron chi connectivity index (χ4n) is 5.00. The average Bonchev–Trinajstić information content (AvgIpc) is 3.49. The van der Waals surface area contributed by atoms with E-state index in [1.807, 2.05) is 72.8 Å². The van der Waals surface area contributed by atoms with Crippen LogP contribution < -0.4 is 20.4 Å². The SMILES string of the molecule is O=C1CCC(=O)N1c1cccc(Nc2ccc(-c3ccc(Nc4cccc(N5C(=O)CCC5=O)c4)cc3)cc2)c1. The summed E-state index contributed by atoms with van der Waals surface area (Å²) in [7, 11) is 0. The highest BCUT2D eigenvalue weighted by Crippen LogP contribution is 2.30. The Morgan fingerprint density at radius 2 is 0.775 bits per heavy atom. The molecule has 0 unspecified atom stereocenters. The number of hydrogen-bond acceptors (Lipinski definition) is 6. The van der Waals surface area contributed by atoms with Crippen LogP contribution in [0.2, 0.25) is 0 Å². The Morgan fingerprint density at radius 3 is 1.12 bits per heavy atom. The zero-order valence-electron chi connectivity index (χ0n) is 21.6. The summed E-state index contributed by atoms with van der Waals surface area (Å²) in [5.74, 6) is -0.680. The molecule has 4 amide bonds. The van der Waals surface area contributed by atoms with E-state index in [1.165, 1.54) is 9.80 Å². The smallest absolute Gasteiger partial charge is 0.234 e. The summed E-state index contributed by atoms with van der Waals surface area (Å²) in [6, 6.07) is 30.6. The number of nitrogens with zero attached hydrogens (tertiary/aromatic N) is 2. The maximum Gasteiger partial charge on any atom is 0.234 e. The quantitative estimate of drug-likeness (QED) is 0.278. The number of carbonyl (C=O) groups is 4. The molecule has 0 aliphatic carbocycles. The molecule has 0 aromatic heterocycles. The summed E-state index contributed by atoms with van der Waals surface area (Å²) in [4.78, 5) is 50.8. The fraction of sp³-hybridized carbons (Fsp3) is 0.125. The van der Waals surface area contributed by atoms with E-state index < -0.39 is 0 Å². The van der Waals surface area contributed by atoms with Gasteiger partial charge >= 0.3 is 0 Å². The topological polar surface area (TPSA) is 98.8 Å². The van der Waals surface area contributed by atoms with E-state index in [2.05, 4.69) is 10.6 Å². The first-order valence-corrected chi connectivity index (χ1v) is 13.1. The van der Waals surface area contributed by atoms with Gasteiger partial charge in [-0.05, 0) is 71.8 Å². The molecular formula is C32H26N4O4. The highest BCUT2D eigenvalue weighted by atomic mass is 16.2. The summed E-state index contributed by atoms with van der Waals surface area (Å²) in [5, 5.41) is 6.68. The van der Waals surface area contributed by atoms with Crippen LogP contribution in [0.25, 0.3) is 11.1 Å². The fourth-order valence-corrected chi connectivity index (χ4v) is 5.00. The first-order valence-electron chi connectivity index (χ1n) is 13.1. The normalized spacial score (nSPS) is 15.2. The second-order valence-corrected chi connectivity index (χ2v) is 9.75. The molecule has 2 aliphatic heterocycles. The van der Waals surface area contributed by atoms with Gasteiger partial charge in [0.1, 0.15) is 0 Å². The Labute approximate surface area is 231 Å². The number of imide groups is 2. The average molecular weight is 531 g/mol. The number of amides is 4. The predicted molar refractivity (Wildman–Crippen MR) is 155 cm³/mol. The summed E-state index contributed by atoms with van der Waals surface area (Å²) >= 11 is 0. The van der Waals surface area contributed by atoms with Crippen molar-refractivity contribution in [2.24, 2.45) is 0 Å². The third-order valence-electron chi connectivity index (χ3n) is 6.99. The number of rotatable bonds is 7. The monoisotopic (exact) mass is 530 g/mol. The van der Waals surface area contributed by atoms with Crippen LogP contribution in [0.1, 0.15) is 25.7 Å². The van der Waals surface area contributed by atoms with Gasteiger partial charge in [0.05, 0.1) is 11.4 Å². The Hall–Kier alpha value is -5.24. The van der Waals surface area contributed by atoms with Gasteiger partial charge in [-0.2, -0.15) is 0 Å². The van der Waals surface area contributed by atoms with E-state index in [9.17, 15) is 19.2 Å². The lowest BCUT2D eigenvalue weighted by molar-refractivity contribution is -0.122. The summed E-state index contributed by atoms with van der Waals surface area (Å²) in [6.45, 7) is 0. The number of carbonyl (C=O) groups excluding carboxylic acids is 4. The van der Waals surface area contributed by atoms with E-state index in [4.69, 9.17) is 0 Å². The molecule has 0 radical (unpaired) electrons. The van der Waals surface area contributed by atoms with Gasteiger partial charge in [-0.3, -0.25) is 29.0 Å². The van der Waals surface area contributed by atoms with Crippen LogP contribution in [0.4, 0.5) is 34.1 Å². The summed E-state index contributed by atoms with van der Waals surface area (Å²) in [5.41, 5.74) is 6.59. The molecule has 4 aromatic rings. The molecule has 2 saturated heterocycles. The Bertz CT molecular complexity index is 1470. The number of benzene rings is 4. The lowest BCUT2D eigenvalue weighted by atomic mass is 10.0. The van der Waals surface area contributed by atoms with Crippen molar-refractivity contribution in [3.8, 4) is 11.1 Å². The van der Waals surface area contributed by atoms with Crippen LogP contribution in [0.5, 0.6) is 0 Å². The van der Waals surface area contributed by atoms with Gasteiger partial charge in [0, 0.05) is 48.4 Å². The van der Waals surface area contributed by atoms with E-state index in [1.54, 1.807) is 24.3 Å². The van der Waals surface area contributed by atoms with E-state index in [-0.39, 0.29) is 49.3 Å². The van der Waals surface area contributed by atoms with Gasteiger partial charge < -0.3 is 10.6 Å². The van der Waals surface area contributed by atoms with Crippen LogP contribution in [0.3, 0.4) is 0 Å². The Kier molecular flexibility index (Phi) is 6.57. The zero-order valence-corrected chi connectivity index (χ0v) is 21.6. The minimum atomic E-state index is -0.170. The number of anilines is 6. The largest absolute Gasteiger partial charge is 0.355 e. The second-order valence-electron chi connectivity index (χ2n) is 9.75. The first kappa shape index (κ1) is 25.1. The van der Waals surface area contributed by atoms with Crippen LogP contribution in [0.15, 0.2) is 97.1 Å². The summed E-state index contributed by atoms with van der Waals surface area (Å²) < 4.78 is 0. The van der Waals surface area contributed by atoms with Gasteiger partial charge in [0.2, 0.25) is 23.6 Å². The van der Waals surface area contributed by atoms with Gasteiger partial charge in [-0.25, -0.2) is 0 Å². The Morgan fingerprint density at radius 1 is 0.425 bits per heavy atom.